The monoisotopic (exact) mass is 468 g/mol. The molecule has 0 aliphatic carbocycles. The molecule has 0 bridgehead atoms. The second kappa shape index (κ2) is 8.32. The SMILES string of the molecule is O=C([O-])C1=C(S(=O)(=O)c2ccccc2)CS(=O)(=O)C2/C(=C\c3ccccn3)C(=O)N12.[Na+]. The Kier molecular flexibility index (Phi) is 6.27. The Labute approximate surface area is 200 Å². The van der Waals surface area contributed by atoms with E-state index in [1.165, 1.54) is 36.5 Å². The van der Waals surface area contributed by atoms with Crippen LogP contribution in [0.25, 0.3) is 6.08 Å². The molecular weight excluding hydrogens is 455 g/mol. The average Bonchev–Trinajstić information content (AvgIpc) is 2.72. The Bertz CT molecular complexity index is 1340. The van der Waals surface area contributed by atoms with Crippen molar-refractivity contribution in [3.8, 4) is 0 Å². The molecule has 3 heterocycles. The Hall–Kier alpha value is -2.31. The zero-order valence-electron chi connectivity index (χ0n) is 16.1. The van der Waals surface area contributed by atoms with Gasteiger partial charge in [-0.25, -0.2) is 16.8 Å². The molecule has 0 saturated carbocycles. The number of nitrogens with zero attached hydrogens (tertiary/aromatic N) is 2. The fourth-order valence-corrected chi connectivity index (χ4v) is 7.46. The number of amides is 1. The van der Waals surface area contributed by atoms with Crippen LogP contribution >= 0.6 is 0 Å². The van der Waals surface area contributed by atoms with Crippen molar-refractivity contribution in [2.24, 2.45) is 0 Å². The smallest absolute Gasteiger partial charge is 0.543 e. The summed E-state index contributed by atoms with van der Waals surface area (Å²) in [5, 5.41) is 10.2. The molecule has 2 aromatic rings. The van der Waals surface area contributed by atoms with E-state index < -0.39 is 53.3 Å². The van der Waals surface area contributed by atoms with Gasteiger partial charge in [-0.05, 0) is 30.3 Å². The van der Waals surface area contributed by atoms with Gasteiger partial charge in [0.15, 0.2) is 15.2 Å². The summed E-state index contributed by atoms with van der Waals surface area (Å²) in [5.41, 5.74) is -0.845. The number of benzene rings is 1. The first-order chi connectivity index (χ1) is 14.1. The van der Waals surface area contributed by atoms with Crippen molar-refractivity contribution in [2.45, 2.75) is 10.3 Å². The zero-order valence-corrected chi connectivity index (χ0v) is 19.8. The third-order valence-electron chi connectivity index (χ3n) is 4.71. The number of hydrogen-bond donors (Lipinski definition) is 0. The van der Waals surface area contributed by atoms with Crippen LogP contribution in [0.4, 0.5) is 0 Å². The molecule has 9 nitrogen and oxygen atoms in total. The van der Waals surface area contributed by atoms with Crippen LogP contribution in [0.1, 0.15) is 5.69 Å². The minimum atomic E-state index is -4.50. The number of fused-ring (bicyclic) bond motifs is 1. The van der Waals surface area contributed by atoms with E-state index in [0.717, 1.165) is 0 Å². The molecule has 1 aromatic carbocycles. The number of rotatable bonds is 4. The first-order valence-corrected chi connectivity index (χ1v) is 11.8. The van der Waals surface area contributed by atoms with Crippen molar-refractivity contribution in [3.63, 3.8) is 0 Å². The summed E-state index contributed by atoms with van der Waals surface area (Å²) < 4.78 is 51.7. The van der Waals surface area contributed by atoms with Crippen LogP contribution in [0, 0.1) is 0 Å². The van der Waals surface area contributed by atoms with Gasteiger partial charge in [-0.1, -0.05) is 24.3 Å². The second-order valence-electron chi connectivity index (χ2n) is 6.56. The molecule has 1 atom stereocenters. The molecule has 1 fully saturated rings. The molecule has 2 aliphatic heterocycles. The summed E-state index contributed by atoms with van der Waals surface area (Å²) in [7, 11) is -8.75. The van der Waals surface area contributed by atoms with Crippen LogP contribution in [0.2, 0.25) is 0 Å². The molecule has 1 aromatic heterocycles. The largest absolute Gasteiger partial charge is 1.00 e. The molecule has 31 heavy (non-hydrogen) atoms. The van der Waals surface area contributed by atoms with Gasteiger partial charge in [0.1, 0.15) is 0 Å². The minimum absolute atomic E-state index is 0. The Morgan fingerprint density at radius 2 is 1.77 bits per heavy atom. The standard InChI is InChI=1S/C19H14N2O7S2.Na/c22-17-14(10-12-6-4-5-9-20-12)18-21(17)16(19(23)24)15(11-29(18,25)26)30(27,28)13-7-2-1-3-8-13;/h1-10,18H,11H2,(H,23,24);/q;+1/p-1/b14-10-;. The average molecular weight is 468 g/mol. The topological polar surface area (TPSA) is 142 Å². The van der Waals surface area contributed by atoms with E-state index >= 15 is 0 Å². The number of aromatic nitrogens is 1. The molecular formula is C19H13N2NaO7S2. The first-order valence-electron chi connectivity index (χ1n) is 8.57. The first kappa shape index (κ1) is 23.4. The maximum atomic E-state index is 13.0. The van der Waals surface area contributed by atoms with E-state index in [0.29, 0.717) is 10.6 Å². The molecule has 0 N–H and O–H groups in total. The number of carboxylic acids is 1. The zero-order chi connectivity index (χ0) is 21.7. The van der Waals surface area contributed by atoms with E-state index in [-0.39, 0.29) is 40.0 Å². The van der Waals surface area contributed by atoms with Gasteiger partial charge in [0.25, 0.3) is 5.91 Å². The normalized spacial score (nSPS) is 21.2. The number of carbonyl (C=O) groups is 2. The Morgan fingerprint density at radius 3 is 2.35 bits per heavy atom. The van der Waals surface area contributed by atoms with Crippen molar-refractivity contribution < 1.29 is 61.1 Å². The molecule has 154 valence electrons. The molecule has 1 amide bonds. The molecule has 0 spiro atoms. The van der Waals surface area contributed by atoms with Crippen molar-refractivity contribution >= 4 is 37.6 Å². The van der Waals surface area contributed by atoms with Gasteiger partial charge in [-0.15, -0.1) is 0 Å². The number of aliphatic carboxylic acids is 1. The van der Waals surface area contributed by atoms with Crippen LogP contribution in [-0.2, 0) is 29.3 Å². The predicted molar refractivity (Wildman–Crippen MR) is 102 cm³/mol. The number of β-lactam (4-membered cyclic amide) rings is 1. The molecule has 1 unspecified atom stereocenters. The number of carbonyl (C=O) groups excluding carboxylic acids is 2. The van der Waals surface area contributed by atoms with Gasteiger partial charge >= 0.3 is 29.6 Å². The molecule has 0 radical (unpaired) electrons. The summed E-state index contributed by atoms with van der Waals surface area (Å²) in [4.78, 5) is 27.7. The van der Waals surface area contributed by atoms with Crippen molar-refractivity contribution in [1.82, 2.24) is 9.88 Å². The third-order valence-corrected chi connectivity index (χ3v) is 8.60. The maximum absolute atomic E-state index is 13.0. The number of sulfone groups is 2. The predicted octanol–water partition coefficient (Wildman–Crippen LogP) is -3.50. The van der Waals surface area contributed by atoms with Crippen molar-refractivity contribution in [1.29, 1.82) is 0 Å². The summed E-state index contributed by atoms with van der Waals surface area (Å²) in [5.74, 6) is -3.95. The van der Waals surface area contributed by atoms with E-state index in [1.807, 2.05) is 0 Å². The van der Waals surface area contributed by atoms with Crippen LogP contribution in [0.5, 0.6) is 0 Å². The fourth-order valence-electron chi connectivity index (χ4n) is 3.37. The van der Waals surface area contributed by atoms with Gasteiger partial charge in [0.2, 0.25) is 9.84 Å². The summed E-state index contributed by atoms with van der Waals surface area (Å²) >= 11 is 0. The summed E-state index contributed by atoms with van der Waals surface area (Å²) in [6.45, 7) is 0. The number of carboxylic acid groups (broad SMARTS) is 1. The van der Waals surface area contributed by atoms with Gasteiger partial charge in [-0.3, -0.25) is 14.7 Å². The summed E-state index contributed by atoms with van der Waals surface area (Å²) in [6.07, 6.45) is 2.68. The quantitative estimate of drug-likeness (QED) is 0.256. The second-order valence-corrected chi connectivity index (χ2v) is 10.6. The van der Waals surface area contributed by atoms with Gasteiger partial charge in [0.05, 0.1) is 38.5 Å². The van der Waals surface area contributed by atoms with Crippen molar-refractivity contribution in [3.05, 3.63) is 76.6 Å². The van der Waals surface area contributed by atoms with Crippen LogP contribution in [0.3, 0.4) is 0 Å². The summed E-state index contributed by atoms with van der Waals surface area (Å²) in [6, 6.07) is 11.6. The molecule has 2 aliphatic rings. The van der Waals surface area contributed by atoms with E-state index in [2.05, 4.69) is 4.98 Å². The number of pyridine rings is 1. The maximum Gasteiger partial charge on any atom is 1.00 e. The Balaban J connectivity index is 0.00000272. The van der Waals surface area contributed by atoms with Crippen LogP contribution in [0.15, 0.2) is 75.8 Å². The van der Waals surface area contributed by atoms with Gasteiger partial charge in [-0.2, -0.15) is 0 Å². The fraction of sp³-hybridized carbons (Fsp3) is 0.105. The van der Waals surface area contributed by atoms with E-state index in [1.54, 1.807) is 24.3 Å². The van der Waals surface area contributed by atoms with Gasteiger partial charge in [0, 0.05) is 6.20 Å². The van der Waals surface area contributed by atoms with Crippen molar-refractivity contribution in [2.75, 3.05) is 5.75 Å². The molecule has 1 saturated heterocycles. The Morgan fingerprint density at radius 1 is 1.13 bits per heavy atom. The molecule has 12 heteroatoms. The molecule has 4 rings (SSSR count). The minimum Gasteiger partial charge on any atom is -0.543 e. The van der Waals surface area contributed by atoms with E-state index in [9.17, 15) is 31.5 Å². The van der Waals surface area contributed by atoms with Gasteiger partial charge < -0.3 is 9.90 Å². The van der Waals surface area contributed by atoms with E-state index in [4.69, 9.17) is 0 Å². The van der Waals surface area contributed by atoms with Crippen LogP contribution < -0.4 is 34.7 Å². The third kappa shape index (κ3) is 3.87. The number of hydrogen-bond acceptors (Lipinski definition) is 8. The van der Waals surface area contributed by atoms with Crippen LogP contribution in [-0.4, -0.2) is 49.7 Å².